The lowest BCUT2D eigenvalue weighted by atomic mass is 10.1. The first kappa shape index (κ1) is 10.6. The summed E-state index contributed by atoms with van der Waals surface area (Å²) in [6.07, 6.45) is 1.88. The van der Waals surface area contributed by atoms with Crippen molar-refractivity contribution in [2.24, 2.45) is 0 Å². The Morgan fingerprint density at radius 1 is 1.29 bits per heavy atom. The summed E-state index contributed by atoms with van der Waals surface area (Å²) in [5.74, 6) is 0. The van der Waals surface area contributed by atoms with Crippen LogP contribution in [-0.2, 0) is 6.42 Å². The molecule has 1 aromatic carbocycles. The molecule has 2 nitrogen and oxygen atoms in total. The fourth-order valence-corrected chi connectivity index (χ4v) is 1.26. The highest BCUT2D eigenvalue weighted by atomic mass is 14.9. The van der Waals surface area contributed by atoms with Crippen molar-refractivity contribution in [2.75, 3.05) is 5.32 Å². The van der Waals surface area contributed by atoms with E-state index in [1.165, 1.54) is 5.56 Å². The highest BCUT2D eigenvalue weighted by Crippen LogP contribution is 2.11. The van der Waals surface area contributed by atoms with E-state index in [4.69, 9.17) is 5.26 Å². The summed E-state index contributed by atoms with van der Waals surface area (Å²) < 4.78 is 0. The minimum absolute atomic E-state index is 0.0810. The first-order valence-electron chi connectivity index (χ1n) is 5.05. The number of benzene rings is 1. The first-order chi connectivity index (χ1) is 6.80. The van der Waals surface area contributed by atoms with E-state index in [2.05, 4.69) is 30.4 Å². The Labute approximate surface area is 85.6 Å². The molecule has 0 radical (unpaired) electrons. The van der Waals surface area contributed by atoms with Gasteiger partial charge < -0.3 is 5.32 Å². The van der Waals surface area contributed by atoms with Crippen molar-refractivity contribution in [3.05, 3.63) is 29.8 Å². The Morgan fingerprint density at radius 2 is 1.93 bits per heavy atom. The van der Waals surface area contributed by atoms with E-state index in [9.17, 15) is 0 Å². The van der Waals surface area contributed by atoms with Crippen LogP contribution in [0.25, 0.3) is 0 Å². The Hall–Kier alpha value is -1.49. The molecule has 0 amide bonds. The molecule has 1 unspecified atom stereocenters. The van der Waals surface area contributed by atoms with Crippen LogP contribution in [0.3, 0.4) is 0 Å². The topological polar surface area (TPSA) is 35.8 Å². The number of nitrogens with zero attached hydrogens (tertiary/aromatic N) is 1. The average Bonchev–Trinajstić information content (AvgIpc) is 2.26. The number of hydrogen-bond donors (Lipinski definition) is 1. The number of anilines is 1. The van der Waals surface area contributed by atoms with Crippen molar-refractivity contribution in [1.29, 1.82) is 5.26 Å². The Balaban J connectivity index is 2.64. The molecule has 1 atom stereocenters. The maximum Gasteiger partial charge on any atom is 0.114 e. The third-order valence-corrected chi connectivity index (χ3v) is 2.27. The maximum atomic E-state index is 8.78. The van der Waals surface area contributed by atoms with Gasteiger partial charge in [0.15, 0.2) is 0 Å². The van der Waals surface area contributed by atoms with Crippen molar-refractivity contribution in [2.45, 2.75) is 32.7 Å². The second-order valence-electron chi connectivity index (χ2n) is 3.28. The molecule has 0 heterocycles. The van der Waals surface area contributed by atoms with Crippen LogP contribution in [0.2, 0.25) is 0 Å². The van der Waals surface area contributed by atoms with Crippen molar-refractivity contribution in [1.82, 2.24) is 0 Å². The van der Waals surface area contributed by atoms with Gasteiger partial charge in [-0.15, -0.1) is 0 Å². The van der Waals surface area contributed by atoms with Gasteiger partial charge >= 0.3 is 0 Å². The largest absolute Gasteiger partial charge is 0.370 e. The number of nitrogens with one attached hydrogen (secondary N) is 1. The molecule has 1 aromatic rings. The summed E-state index contributed by atoms with van der Waals surface area (Å²) in [6.45, 7) is 4.13. The molecule has 0 aliphatic heterocycles. The third kappa shape index (κ3) is 2.77. The van der Waals surface area contributed by atoms with Crippen LogP contribution in [0.5, 0.6) is 0 Å². The summed E-state index contributed by atoms with van der Waals surface area (Å²) in [7, 11) is 0. The van der Waals surface area contributed by atoms with Crippen molar-refractivity contribution in [3.63, 3.8) is 0 Å². The zero-order valence-electron chi connectivity index (χ0n) is 8.75. The van der Waals surface area contributed by atoms with Crippen LogP contribution >= 0.6 is 0 Å². The van der Waals surface area contributed by atoms with Gasteiger partial charge in [-0.2, -0.15) is 5.26 Å². The van der Waals surface area contributed by atoms with Crippen LogP contribution in [0, 0.1) is 11.3 Å². The van der Waals surface area contributed by atoms with E-state index in [-0.39, 0.29) is 6.04 Å². The lowest BCUT2D eigenvalue weighted by Crippen LogP contribution is -2.15. The van der Waals surface area contributed by atoms with E-state index in [1.54, 1.807) is 0 Å². The smallest absolute Gasteiger partial charge is 0.114 e. The maximum absolute atomic E-state index is 8.78. The molecule has 2 heteroatoms. The Bertz CT molecular complexity index is 308. The quantitative estimate of drug-likeness (QED) is 0.788. The van der Waals surface area contributed by atoms with Gasteiger partial charge in [0, 0.05) is 5.69 Å². The van der Waals surface area contributed by atoms with Crippen molar-refractivity contribution < 1.29 is 0 Å². The van der Waals surface area contributed by atoms with Crippen molar-refractivity contribution >= 4 is 5.69 Å². The summed E-state index contributed by atoms with van der Waals surface area (Å²) in [4.78, 5) is 0. The highest BCUT2D eigenvalue weighted by molar-refractivity contribution is 5.46. The fourth-order valence-electron chi connectivity index (χ4n) is 1.26. The van der Waals surface area contributed by atoms with Crippen LogP contribution in [-0.4, -0.2) is 6.04 Å². The van der Waals surface area contributed by atoms with Gasteiger partial charge in [0.1, 0.15) is 6.04 Å². The van der Waals surface area contributed by atoms with Crippen molar-refractivity contribution in [3.8, 4) is 6.07 Å². The predicted octanol–water partition coefficient (Wildman–Crippen LogP) is 2.96. The van der Waals surface area contributed by atoms with Gasteiger partial charge in [-0.1, -0.05) is 26.0 Å². The molecule has 74 valence electrons. The first-order valence-corrected chi connectivity index (χ1v) is 5.05. The molecule has 0 saturated carbocycles. The number of rotatable bonds is 4. The number of hydrogen-bond acceptors (Lipinski definition) is 2. The normalized spacial score (nSPS) is 11.8. The predicted molar refractivity (Wildman–Crippen MR) is 59.1 cm³/mol. The summed E-state index contributed by atoms with van der Waals surface area (Å²) in [5.41, 5.74) is 2.34. The standard InChI is InChI=1S/C12H16N2/c1-3-10-5-7-12(8-6-10)14-11(4-2)9-13/h5-8,11,14H,3-4H2,1-2H3. The van der Waals surface area contributed by atoms with Gasteiger partial charge in [0.25, 0.3) is 0 Å². The summed E-state index contributed by atoms with van der Waals surface area (Å²) in [5, 5.41) is 11.9. The number of aryl methyl sites for hydroxylation is 1. The van der Waals surface area contributed by atoms with E-state index in [0.29, 0.717) is 0 Å². The monoisotopic (exact) mass is 188 g/mol. The Morgan fingerprint density at radius 3 is 2.36 bits per heavy atom. The molecule has 0 aromatic heterocycles. The van der Waals surface area contributed by atoms with E-state index in [1.807, 2.05) is 19.1 Å². The molecular formula is C12H16N2. The fraction of sp³-hybridized carbons (Fsp3) is 0.417. The Kier molecular flexibility index (Phi) is 4.00. The van der Waals surface area contributed by atoms with Crippen LogP contribution in [0.1, 0.15) is 25.8 Å². The number of nitriles is 1. The van der Waals surface area contributed by atoms with Crippen LogP contribution < -0.4 is 5.32 Å². The average molecular weight is 188 g/mol. The molecular weight excluding hydrogens is 172 g/mol. The lowest BCUT2D eigenvalue weighted by Gasteiger charge is -2.10. The van der Waals surface area contributed by atoms with Gasteiger partial charge in [0.05, 0.1) is 6.07 Å². The molecule has 0 aliphatic rings. The third-order valence-electron chi connectivity index (χ3n) is 2.27. The molecule has 1 N–H and O–H groups in total. The highest BCUT2D eigenvalue weighted by Gasteiger charge is 2.02. The van der Waals surface area contributed by atoms with Gasteiger partial charge in [-0.05, 0) is 30.5 Å². The van der Waals surface area contributed by atoms with E-state index >= 15 is 0 Å². The summed E-state index contributed by atoms with van der Waals surface area (Å²) >= 11 is 0. The van der Waals surface area contributed by atoms with Crippen LogP contribution in [0.4, 0.5) is 5.69 Å². The van der Waals surface area contributed by atoms with Gasteiger partial charge in [-0.3, -0.25) is 0 Å². The molecule has 1 rings (SSSR count). The SMILES string of the molecule is CCc1ccc(NC(C#N)CC)cc1. The molecule has 0 fully saturated rings. The molecule has 0 bridgehead atoms. The zero-order valence-corrected chi connectivity index (χ0v) is 8.75. The molecule has 0 aliphatic carbocycles. The molecule has 0 spiro atoms. The minimum atomic E-state index is -0.0810. The minimum Gasteiger partial charge on any atom is -0.370 e. The molecule has 0 saturated heterocycles. The molecule has 14 heavy (non-hydrogen) atoms. The second-order valence-corrected chi connectivity index (χ2v) is 3.28. The van der Waals surface area contributed by atoms with Crippen LogP contribution in [0.15, 0.2) is 24.3 Å². The van der Waals surface area contributed by atoms with Gasteiger partial charge in [-0.25, -0.2) is 0 Å². The second kappa shape index (κ2) is 5.29. The summed E-state index contributed by atoms with van der Waals surface area (Å²) in [6, 6.07) is 10.4. The zero-order chi connectivity index (χ0) is 10.4. The van der Waals surface area contributed by atoms with Gasteiger partial charge in [0.2, 0.25) is 0 Å². The van der Waals surface area contributed by atoms with E-state index in [0.717, 1.165) is 18.5 Å². The lowest BCUT2D eigenvalue weighted by molar-refractivity contribution is 0.845. The van der Waals surface area contributed by atoms with E-state index < -0.39 is 0 Å².